The molecule has 0 aliphatic rings. The van der Waals surface area contributed by atoms with E-state index >= 15 is 0 Å². The first-order valence-electron chi connectivity index (χ1n) is 4.72. The minimum atomic E-state index is -0.109. The van der Waals surface area contributed by atoms with Crippen LogP contribution in [0.2, 0.25) is 0 Å². The van der Waals surface area contributed by atoms with Gasteiger partial charge in [-0.3, -0.25) is 4.79 Å². The molecule has 4 heteroatoms. The number of aliphatic hydroxyl groups excluding tert-OH is 1. The largest absolute Gasteiger partial charge is 0.396 e. The summed E-state index contributed by atoms with van der Waals surface area (Å²) < 4.78 is 4.94. The van der Waals surface area contributed by atoms with E-state index in [0.717, 1.165) is 6.42 Å². The van der Waals surface area contributed by atoms with Crippen molar-refractivity contribution in [1.82, 2.24) is 5.32 Å². The van der Waals surface area contributed by atoms with Crippen molar-refractivity contribution in [3.8, 4) is 0 Å². The topological polar surface area (TPSA) is 58.6 Å². The molecule has 0 heterocycles. The van der Waals surface area contributed by atoms with Crippen LogP contribution in [0, 0.1) is 0 Å². The van der Waals surface area contributed by atoms with Gasteiger partial charge in [-0.2, -0.15) is 0 Å². The second-order valence-electron chi connectivity index (χ2n) is 2.82. The molecule has 0 bridgehead atoms. The van der Waals surface area contributed by atoms with Crippen LogP contribution in [-0.4, -0.2) is 36.9 Å². The molecule has 0 saturated carbocycles. The Morgan fingerprint density at radius 1 is 1.54 bits per heavy atom. The number of ether oxygens (including phenoxy) is 1. The zero-order chi connectivity index (χ0) is 10.1. The molecule has 78 valence electrons. The molecule has 2 N–H and O–H groups in total. The standard InChI is InChI=1S/C9H19NO3/c1-3-8(5-6-11)10-9(12)7-13-4-2/h8,11H,3-7H2,1-2H3,(H,10,12). The van der Waals surface area contributed by atoms with E-state index < -0.39 is 0 Å². The number of carbonyl (C=O) groups is 1. The second kappa shape index (κ2) is 8.01. The van der Waals surface area contributed by atoms with Crippen molar-refractivity contribution in [3.05, 3.63) is 0 Å². The molecule has 1 amide bonds. The number of amides is 1. The number of carbonyl (C=O) groups excluding carboxylic acids is 1. The summed E-state index contributed by atoms with van der Waals surface area (Å²) in [6.45, 7) is 4.58. The molecule has 0 aliphatic carbocycles. The van der Waals surface area contributed by atoms with Gasteiger partial charge in [-0.15, -0.1) is 0 Å². The molecule has 0 aromatic carbocycles. The van der Waals surface area contributed by atoms with Gasteiger partial charge in [0, 0.05) is 19.3 Å². The van der Waals surface area contributed by atoms with Gasteiger partial charge in [0.2, 0.25) is 5.91 Å². The van der Waals surface area contributed by atoms with Crippen LogP contribution in [0.4, 0.5) is 0 Å². The molecular formula is C9H19NO3. The molecule has 1 atom stereocenters. The molecule has 0 fully saturated rings. The van der Waals surface area contributed by atoms with E-state index in [1.165, 1.54) is 0 Å². The van der Waals surface area contributed by atoms with Crippen LogP contribution in [-0.2, 0) is 9.53 Å². The highest BCUT2D eigenvalue weighted by Gasteiger charge is 2.08. The molecule has 1 unspecified atom stereocenters. The summed E-state index contributed by atoms with van der Waals surface area (Å²) in [4.78, 5) is 11.1. The minimum absolute atomic E-state index is 0.0676. The zero-order valence-corrected chi connectivity index (χ0v) is 8.38. The Morgan fingerprint density at radius 3 is 2.69 bits per heavy atom. The van der Waals surface area contributed by atoms with Crippen LogP contribution in [0.5, 0.6) is 0 Å². The lowest BCUT2D eigenvalue weighted by Gasteiger charge is -2.15. The van der Waals surface area contributed by atoms with E-state index in [1.54, 1.807) is 0 Å². The first kappa shape index (κ1) is 12.4. The van der Waals surface area contributed by atoms with Crippen LogP contribution >= 0.6 is 0 Å². The molecule has 0 radical (unpaired) electrons. The smallest absolute Gasteiger partial charge is 0.246 e. The summed E-state index contributed by atoms with van der Waals surface area (Å²) in [5.41, 5.74) is 0. The highest BCUT2D eigenvalue weighted by Crippen LogP contribution is 1.95. The Bertz CT molecular complexity index is 139. The maximum Gasteiger partial charge on any atom is 0.246 e. The molecule has 0 rings (SSSR count). The van der Waals surface area contributed by atoms with Crippen LogP contribution in [0.3, 0.4) is 0 Å². The average Bonchev–Trinajstić information content (AvgIpc) is 2.14. The van der Waals surface area contributed by atoms with Crippen molar-refractivity contribution in [2.75, 3.05) is 19.8 Å². The Morgan fingerprint density at radius 2 is 2.23 bits per heavy atom. The maximum absolute atomic E-state index is 11.1. The predicted molar refractivity (Wildman–Crippen MR) is 50.4 cm³/mol. The van der Waals surface area contributed by atoms with E-state index in [1.807, 2.05) is 13.8 Å². The first-order valence-corrected chi connectivity index (χ1v) is 4.72. The third-order valence-corrected chi connectivity index (χ3v) is 1.77. The highest BCUT2D eigenvalue weighted by atomic mass is 16.5. The monoisotopic (exact) mass is 189 g/mol. The van der Waals surface area contributed by atoms with Crippen molar-refractivity contribution in [2.24, 2.45) is 0 Å². The lowest BCUT2D eigenvalue weighted by atomic mass is 10.1. The molecule has 0 aliphatic heterocycles. The Labute approximate surface area is 79.3 Å². The van der Waals surface area contributed by atoms with Crippen LogP contribution in [0.15, 0.2) is 0 Å². The zero-order valence-electron chi connectivity index (χ0n) is 8.38. The lowest BCUT2D eigenvalue weighted by Crippen LogP contribution is -2.37. The summed E-state index contributed by atoms with van der Waals surface area (Å²) in [5.74, 6) is -0.109. The van der Waals surface area contributed by atoms with E-state index in [-0.39, 0.29) is 25.2 Å². The lowest BCUT2D eigenvalue weighted by molar-refractivity contribution is -0.126. The number of aliphatic hydroxyl groups is 1. The molecule has 0 aromatic rings. The summed E-state index contributed by atoms with van der Waals surface area (Å²) in [7, 11) is 0. The molecule has 0 aromatic heterocycles. The van der Waals surface area contributed by atoms with Gasteiger partial charge in [0.25, 0.3) is 0 Å². The summed E-state index contributed by atoms with van der Waals surface area (Å²) in [6, 6.07) is 0.0676. The summed E-state index contributed by atoms with van der Waals surface area (Å²) in [6.07, 6.45) is 1.44. The molecule has 0 saturated heterocycles. The quantitative estimate of drug-likeness (QED) is 0.605. The van der Waals surface area contributed by atoms with Gasteiger partial charge in [0.15, 0.2) is 0 Å². The van der Waals surface area contributed by atoms with Gasteiger partial charge in [-0.1, -0.05) is 6.92 Å². The van der Waals surface area contributed by atoms with Crippen LogP contribution < -0.4 is 5.32 Å². The van der Waals surface area contributed by atoms with Gasteiger partial charge in [-0.25, -0.2) is 0 Å². The van der Waals surface area contributed by atoms with Gasteiger partial charge in [-0.05, 0) is 19.8 Å². The third-order valence-electron chi connectivity index (χ3n) is 1.77. The number of hydrogen-bond donors (Lipinski definition) is 2. The van der Waals surface area contributed by atoms with Crippen molar-refractivity contribution >= 4 is 5.91 Å². The Hall–Kier alpha value is -0.610. The first-order chi connectivity index (χ1) is 6.24. The fraction of sp³-hybridized carbons (Fsp3) is 0.889. The maximum atomic E-state index is 11.1. The van der Waals surface area contributed by atoms with Gasteiger partial charge >= 0.3 is 0 Å². The van der Waals surface area contributed by atoms with Crippen LogP contribution in [0.1, 0.15) is 26.7 Å². The van der Waals surface area contributed by atoms with E-state index in [2.05, 4.69) is 5.32 Å². The fourth-order valence-electron chi connectivity index (χ4n) is 0.998. The van der Waals surface area contributed by atoms with Crippen molar-refractivity contribution in [2.45, 2.75) is 32.7 Å². The van der Waals surface area contributed by atoms with Crippen LogP contribution in [0.25, 0.3) is 0 Å². The number of nitrogens with one attached hydrogen (secondary N) is 1. The molecular weight excluding hydrogens is 170 g/mol. The second-order valence-corrected chi connectivity index (χ2v) is 2.82. The van der Waals surface area contributed by atoms with Crippen molar-refractivity contribution < 1.29 is 14.6 Å². The minimum Gasteiger partial charge on any atom is -0.396 e. The Balaban J connectivity index is 3.60. The summed E-state index contributed by atoms with van der Waals surface area (Å²) in [5, 5.41) is 11.5. The van der Waals surface area contributed by atoms with Crippen molar-refractivity contribution in [1.29, 1.82) is 0 Å². The SMILES string of the molecule is CCOCC(=O)NC(CC)CCO. The Kier molecular flexibility index (Phi) is 7.63. The summed E-state index contributed by atoms with van der Waals surface area (Å²) >= 11 is 0. The number of hydrogen-bond acceptors (Lipinski definition) is 3. The molecule has 13 heavy (non-hydrogen) atoms. The fourth-order valence-corrected chi connectivity index (χ4v) is 0.998. The molecule has 4 nitrogen and oxygen atoms in total. The van der Waals surface area contributed by atoms with E-state index in [4.69, 9.17) is 9.84 Å². The number of rotatable bonds is 7. The van der Waals surface area contributed by atoms with Gasteiger partial charge < -0.3 is 15.2 Å². The average molecular weight is 189 g/mol. The highest BCUT2D eigenvalue weighted by molar-refractivity contribution is 5.77. The predicted octanol–water partition coefficient (Wildman–Crippen LogP) is 0.300. The van der Waals surface area contributed by atoms with E-state index in [0.29, 0.717) is 13.0 Å². The third kappa shape index (κ3) is 6.54. The molecule has 0 spiro atoms. The van der Waals surface area contributed by atoms with Crippen molar-refractivity contribution in [3.63, 3.8) is 0 Å². The van der Waals surface area contributed by atoms with Gasteiger partial charge in [0.1, 0.15) is 6.61 Å². The van der Waals surface area contributed by atoms with Gasteiger partial charge in [0.05, 0.1) is 0 Å². The normalized spacial score (nSPS) is 12.5. The van der Waals surface area contributed by atoms with E-state index in [9.17, 15) is 4.79 Å².